The summed E-state index contributed by atoms with van der Waals surface area (Å²) in [7, 11) is 0. The van der Waals surface area contributed by atoms with Crippen LogP contribution >= 0.6 is 0 Å². The van der Waals surface area contributed by atoms with E-state index in [4.69, 9.17) is 0 Å². The van der Waals surface area contributed by atoms with Gasteiger partial charge in [-0.1, -0.05) is 68.3 Å². The number of benzene rings is 2. The van der Waals surface area contributed by atoms with Gasteiger partial charge < -0.3 is 15.5 Å². The zero-order valence-corrected chi connectivity index (χ0v) is 18.8. The van der Waals surface area contributed by atoms with Gasteiger partial charge in [0, 0.05) is 30.6 Å². The lowest BCUT2D eigenvalue weighted by atomic mass is 9.79. The van der Waals surface area contributed by atoms with Crippen LogP contribution in [0.5, 0.6) is 0 Å². The number of hydrogen-bond acceptors (Lipinski definition) is 3. The smallest absolute Gasteiger partial charge is 0.228 e. The second-order valence-electron chi connectivity index (χ2n) is 9.47. The normalized spacial score (nSPS) is 28.9. The highest BCUT2D eigenvalue weighted by atomic mass is 16.2. The molecule has 0 unspecified atom stereocenters. The van der Waals surface area contributed by atoms with E-state index in [0.717, 1.165) is 44.3 Å². The maximum atomic E-state index is 13.9. The van der Waals surface area contributed by atoms with E-state index in [-0.39, 0.29) is 35.9 Å². The fraction of sp³-hybridized carbons (Fsp3) is 0.481. The number of nitrogens with one attached hydrogen (secondary N) is 2. The van der Waals surface area contributed by atoms with Gasteiger partial charge in [-0.15, -0.1) is 0 Å². The predicted molar refractivity (Wildman–Crippen MR) is 126 cm³/mol. The van der Waals surface area contributed by atoms with Gasteiger partial charge in [0.15, 0.2) is 0 Å². The zero-order chi connectivity index (χ0) is 22.1. The summed E-state index contributed by atoms with van der Waals surface area (Å²) in [5.74, 6) is 0.492. The lowest BCUT2D eigenvalue weighted by Crippen LogP contribution is -2.50. The first-order valence-corrected chi connectivity index (χ1v) is 12.2. The number of fused-ring (bicyclic) bond motifs is 3. The van der Waals surface area contributed by atoms with Gasteiger partial charge in [-0.3, -0.25) is 9.59 Å². The van der Waals surface area contributed by atoms with Crippen molar-refractivity contribution >= 4 is 17.5 Å². The fourth-order valence-electron chi connectivity index (χ4n) is 6.08. The molecule has 1 aliphatic carbocycles. The molecule has 2 aliphatic heterocycles. The summed E-state index contributed by atoms with van der Waals surface area (Å²) in [6.07, 6.45) is 5.34. The number of carbonyl (C=O) groups excluding carboxylic acids is 2. The number of nitrogens with zero attached hydrogens (tertiary/aromatic N) is 1. The van der Waals surface area contributed by atoms with Crippen LogP contribution in [0, 0.1) is 11.8 Å². The number of hydrogen-bond donors (Lipinski definition) is 2. The molecule has 0 bridgehead atoms. The van der Waals surface area contributed by atoms with Gasteiger partial charge in [-0.25, -0.2) is 0 Å². The van der Waals surface area contributed by atoms with Crippen molar-refractivity contribution in [3.63, 3.8) is 0 Å². The van der Waals surface area contributed by atoms with Crippen molar-refractivity contribution in [3.8, 4) is 0 Å². The molecule has 2 amide bonds. The Morgan fingerprint density at radius 2 is 1.75 bits per heavy atom. The summed E-state index contributed by atoms with van der Waals surface area (Å²) in [5.41, 5.74) is 3.62. The van der Waals surface area contributed by atoms with Crippen LogP contribution in [-0.4, -0.2) is 29.3 Å². The molecule has 0 radical (unpaired) electrons. The SMILES string of the molecule is CCC(=O)N[C@@H]1CCCC[C@@H]1C(=O)N1CC[C@@H]2[C@H](c3ccccc3)Nc3ccccc3[C@@H]21. The second kappa shape index (κ2) is 8.97. The van der Waals surface area contributed by atoms with Crippen LogP contribution in [0.15, 0.2) is 54.6 Å². The minimum atomic E-state index is -0.116. The molecule has 1 saturated heterocycles. The summed E-state index contributed by atoms with van der Waals surface area (Å²) < 4.78 is 0. The Kier molecular flexibility index (Phi) is 5.90. The molecule has 3 aliphatic rings. The van der Waals surface area contributed by atoms with E-state index < -0.39 is 0 Å². The fourth-order valence-corrected chi connectivity index (χ4v) is 6.08. The third-order valence-electron chi connectivity index (χ3n) is 7.66. The maximum Gasteiger partial charge on any atom is 0.228 e. The van der Waals surface area contributed by atoms with Crippen molar-refractivity contribution in [2.24, 2.45) is 11.8 Å². The molecule has 1 saturated carbocycles. The van der Waals surface area contributed by atoms with Crippen molar-refractivity contribution in [1.29, 1.82) is 0 Å². The van der Waals surface area contributed by atoms with Crippen LogP contribution in [0.2, 0.25) is 0 Å². The molecule has 168 valence electrons. The molecule has 2 heterocycles. The van der Waals surface area contributed by atoms with Crippen molar-refractivity contribution in [3.05, 3.63) is 65.7 Å². The standard InChI is InChI=1S/C27H33N3O2/c1-2-24(31)28-23-15-9-7-13-20(23)27(32)30-17-16-21-25(18-10-4-3-5-11-18)29-22-14-8-6-12-19(22)26(21)30/h3-6,8,10-12,14,20-21,23,25-26,29H,2,7,9,13,15-17H2,1H3,(H,28,31)/t20-,21+,23+,25-,26-/m0/s1. The summed E-state index contributed by atoms with van der Waals surface area (Å²) in [4.78, 5) is 28.2. The third-order valence-corrected chi connectivity index (χ3v) is 7.66. The number of likely N-dealkylation sites (tertiary alicyclic amines) is 1. The highest BCUT2D eigenvalue weighted by Gasteiger charge is 2.48. The van der Waals surface area contributed by atoms with Crippen LogP contribution in [0.3, 0.4) is 0 Å². The average Bonchev–Trinajstić information content (AvgIpc) is 3.29. The minimum Gasteiger partial charge on any atom is -0.378 e. The van der Waals surface area contributed by atoms with E-state index in [0.29, 0.717) is 12.3 Å². The van der Waals surface area contributed by atoms with Crippen LogP contribution in [0.25, 0.3) is 0 Å². The molecule has 5 nitrogen and oxygen atoms in total. The first-order valence-electron chi connectivity index (χ1n) is 12.2. The summed E-state index contributed by atoms with van der Waals surface area (Å²) in [5, 5.41) is 6.92. The first-order chi connectivity index (χ1) is 15.7. The summed E-state index contributed by atoms with van der Waals surface area (Å²) in [6, 6.07) is 19.3. The lowest BCUT2D eigenvalue weighted by Gasteiger charge is -2.42. The Balaban J connectivity index is 1.46. The molecule has 5 atom stereocenters. The molecule has 5 rings (SSSR count). The Morgan fingerprint density at radius 1 is 1.00 bits per heavy atom. The number of rotatable bonds is 4. The minimum absolute atomic E-state index is 0.0374. The first kappa shape index (κ1) is 21.0. The van der Waals surface area contributed by atoms with Crippen LogP contribution in [0.4, 0.5) is 5.69 Å². The van der Waals surface area contributed by atoms with E-state index >= 15 is 0 Å². The Morgan fingerprint density at radius 3 is 2.56 bits per heavy atom. The zero-order valence-electron chi connectivity index (χ0n) is 18.8. The second-order valence-corrected chi connectivity index (χ2v) is 9.47. The van der Waals surface area contributed by atoms with Gasteiger partial charge in [0.2, 0.25) is 11.8 Å². The van der Waals surface area contributed by atoms with E-state index in [1.165, 1.54) is 11.1 Å². The Bertz CT molecular complexity index is 976. The summed E-state index contributed by atoms with van der Waals surface area (Å²) >= 11 is 0. The van der Waals surface area contributed by atoms with Crippen molar-refractivity contribution in [2.45, 2.75) is 63.6 Å². The maximum absolute atomic E-state index is 13.9. The molecule has 2 aromatic carbocycles. The molecule has 0 aromatic heterocycles. The number of carbonyl (C=O) groups is 2. The number of anilines is 1. The van der Waals surface area contributed by atoms with Crippen molar-refractivity contribution in [1.82, 2.24) is 10.2 Å². The molecular weight excluding hydrogens is 398 g/mol. The van der Waals surface area contributed by atoms with Gasteiger partial charge in [0.05, 0.1) is 18.0 Å². The molecule has 2 N–H and O–H groups in total. The summed E-state index contributed by atoms with van der Waals surface area (Å²) in [6.45, 7) is 2.65. The molecule has 0 spiro atoms. The highest BCUT2D eigenvalue weighted by molar-refractivity contribution is 5.83. The van der Waals surface area contributed by atoms with Crippen LogP contribution in [-0.2, 0) is 9.59 Å². The monoisotopic (exact) mass is 431 g/mol. The van der Waals surface area contributed by atoms with E-state index in [9.17, 15) is 9.59 Å². The largest absolute Gasteiger partial charge is 0.378 e. The van der Waals surface area contributed by atoms with Gasteiger partial charge in [0.25, 0.3) is 0 Å². The van der Waals surface area contributed by atoms with Crippen LogP contribution < -0.4 is 10.6 Å². The van der Waals surface area contributed by atoms with Crippen LogP contribution in [0.1, 0.15) is 68.7 Å². The molecular formula is C27H33N3O2. The number of para-hydroxylation sites is 1. The quantitative estimate of drug-likeness (QED) is 0.729. The van der Waals surface area contributed by atoms with Gasteiger partial charge in [0.1, 0.15) is 0 Å². The lowest BCUT2D eigenvalue weighted by molar-refractivity contribution is -0.139. The molecule has 2 aromatic rings. The molecule has 2 fully saturated rings. The van der Waals surface area contributed by atoms with Crippen molar-refractivity contribution < 1.29 is 9.59 Å². The molecule has 32 heavy (non-hydrogen) atoms. The van der Waals surface area contributed by atoms with E-state index in [2.05, 4.69) is 70.1 Å². The van der Waals surface area contributed by atoms with E-state index in [1.54, 1.807) is 0 Å². The van der Waals surface area contributed by atoms with Gasteiger partial charge >= 0.3 is 0 Å². The molecule has 5 heteroatoms. The predicted octanol–water partition coefficient (Wildman–Crippen LogP) is 4.83. The Labute approximate surface area is 190 Å². The van der Waals surface area contributed by atoms with Gasteiger partial charge in [-0.05, 0) is 36.5 Å². The van der Waals surface area contributed by atoms with Gasteiger partial charge in [-0.2, -0.15) is 0 Å². The topological polar surface area (TPSA) is 61.4 Å². The highest BCUT2D eigenvalue weighted by Crippen LogP contribution is 2.51. The van der Waals surface area contributed by atoms with E-state index in [1.807, 2.05) is 6.92 Å². The average molecular weight is 432 g/mol. The van der Waals surface area contributed by atoms with Crippen molar-refractivity contribution in [2.75, 3.05) is 11.9 Å². The number of amides is 2. The third kappa shape index (κ3) is 3.78. The Hall–Kier alpha value is -2.82.